The number of nitrogens with one attached hydrogen (secondary N) is 2. The van der Waals surface area contributed by atoms with Crippen LogP contribution >= 0.6 is 11.3 Å². The molecular weight excluding hydrogens is 236 g/mol. The van der Waals surface area contributed by atoms with E-state index in [1.807, 2.05) is 31.4 Å². The third kappa shape index (κ3) is 4.99. The molecule has 2 N–H and O–H groups in total. The Bertz CT molecular complexity index is 374. The third-order valence-corrected chi connectivity index (χ3v) is 3.09. The van der Waals surface area contributed by atoms with Gasteiger partial charge >= 0.3 is 0 Å². The van der Waals surface area contributed by atoms with E-state index in [9.17, 15) is 9.59 Å². The van der Waals surface area contributed by atoms with Gasteiger partial charge in [-0.05, 0) is 25.3 Å². The van der Waals surface area contributed by atoms with Crippen molar-refractivity contribution in [3.63, 3.8) is 0 Å². The molecule has 0 aliphatic rings. The number of hydrogen-bond acceptors (Lipinski definition) is 3. The second-order valence-corrected chi connectivity index (χ2v) is 5.17. The molecule has 1 unspecified atom stereocenters. The van der Waals surface area contributed by atoms with E-state index in [-0.39, 0.29) is 30.3 Å². The summed E-state index contributed by atoms with van der Waals surface area (Å²) in [5.41, 5.74) is 0. The number of carbonyl (C=O) groups is 2. The molecule has 4 nitrogen and oxygen atoms in total. The van der Waals surface area contributed by atoms with Gasteiger partial charge in [-0.15, -0.1) is 11.3 Å². The molecule has 2 amide bonds. The van der Waals surface area contributed by atoms with Crippen LogP contribution < -0.4 is 10.6 Å². The summed E-state index contributed by atoms with van der Waals surface area (Å²) in [6, 6.07) is 3.72. The van der Waals surface area contributed by atoms with E-state index in [2.05, 4.69) is 10.6 Å². The molecule has 1 heterocycles. The Morgan fingerprint density at radius 2 is 2.06 bits per heavy atom. The van der Waals surface area contributed by atoms with E-state index in [0.717, 1.165) is 4.88 Å². The van der Waals surface area contributed by atoms with Crippen LogP contribution in [0.2, 0.25) is 0 Å². The first-order valence-electron chi connectivity index (χ1n) is 5.59. The van der Waals surface area contributed by atoms with Crippen molar-refractivity contribution in [2.45, 2.75) is 39.3 Å². The second kappa shape index (κ2) is 6.39. The molecule has 5 heteroatoms. The lowest BCUT2D eigenvalue weighted by Crippen LogP contribution is -2.35. The van der Waals surface area contributed by atoms with Crippen LogP contribution in [0.5, 0.6) is 0 Å². The molecule has 17 heavy (non-hydrogen) atoms. The largest absolute Gasteiger partial charge is 0.354 e. The quantitative estimate of drug-likeness (QED) is 0.842. The zero-order valence-electron chi connectivity index (χ0n) is 10.3. The number of thiophene rings is 1. The van der Waals surface area contributed by atoms with Crippen LogP contribution in [0.3, 0.4) is 0 Å². The Labute approximate surface area is 105 Å². The van der Waals surface area contributed by atoms with Gasteiger partial charge in [0.2, 0.25) is 11.8 Å². The lowest BCUT2D eigenvalue weighted by atomic mass is 10.1. The Kier molecular flexibility index (Phi) is 5.15. The highest BCUT2D eigenvalue weighted by Gasteiger charge is 2.18. The van der Waals surface area contributed by atoms with E-state index in [1.165, 1.54) is 18.3 Å². The van der Waals surface area contributed by atoms with Crippen molar-refractivity contribution in [1.29, 1.82) is 0 Å². The summed E-state index contributed by atoms with van der Waals surface area (Å²) in [4.78, 5) is 23.8. The fourth-order valence-corrected chi connectivity index (χ4v) is 2.30. The zero-order chi connectivity index (χ0) is 12.8. The van der Waals surface area contributed by atoms with Gasteiger partial charge in [-0.25, -0.2) is 0 Å². The first kappa shape index (κ1) is 13.7. The van der Waals surface area contributed by atoms with Crippen molar-refractivity contribution >= 4 is 23.2 Å². The molecule has 0 saturated heterocycles. The van der Waals surface area contributed by atoms with Crippen LogP contribution in [0.15, 0.2) is 17.5 Å². The predicted octanol–water partition coefficient (Wildman–Crippen LogP) is 1.84. The molecule has 0 saturated carbocycles. The normalized spacial score (nSPS) is 12.2. The molecule has 0 radical (unpaired) electrons. The molecule has 1 atom stereocenters. The molecule has 0 aromatic carbocycles. The van der Waals surface area contributed by atoms with E-state index in [0.29, 0.717) is 0 Å². The summed E-state index contributed by atoms with van der Waals surface area (Å²) in [5.74, 6) is -0.173. The summed E-state index contributed by atoms with van der Waals surface area (Å²) in [5, 5.41) is 7.55. The van der Waals surface area contributed by atoms with E-state index >= 15 is 0 Å². The van der Waals surface area contributed by atoms with Crippen molar-refractivity contribution in [2.75, 3.05) is 0 Å². The average molecular weight is 254 g/mol. The van der Waals surface area contributed by atoms with Crippen molar-refractivity contribution in [2.24, 2.45) is 0 Å². The maximum atomic E-state index is 11.7. The smallest absolute Gasteiger partial charge is 0.222 e. The van der Waals surface area contributed by atoms with Gasteiger partial charge in [0.1, 0.15) is 0 Å². The third-order valence-electron chi connectivity index (χ3n) is 2.10. The van der Waals surface area contributed by atoms with E-state index < -0.39 is 0 Å². The van der Waals surface area contributed by atoms with Gasteiger partial charge < -0.3 is 10.6 Å². The van der Waals surface area contributed by atoms with Gasteiger partial charge in [0, 0.05) is 17.8 Å². The number of carbonyl (C=O) groups excluding carboxylic acids is 2. The average Bonchev–Trinajstić information content (AvgIpc) is 2.66. The Morgan fingerprint density at radius 3 is 2.53 bits per heavy atom. The fourth-order valence-electron chi connectivity index (χ4n) is 1.52. The molecule has 1 rings (SSSR count). The molecule has 0 aliphatic heterocycles. The van der Waals surface area contributed by atoms with Gasteiger partial charge in [0.15, 0.2) is 0 Å². The SMILES string of the molecule is CC(=O)NC(CC(=O)NC(C)C)c1cccs1. The lowest BCUT2D eigenvalue weighted by molar-refractivity contribution is -0.123. The molecule has 1 aromatic rings. The topological polar surface area (TPSA) is 58.2 Å². The Hall–Kier alpha value is -1.36. The first-order valence-corrected chi connectivity index (χ1v) is 6.47. The number of hydrogen-bond donors (Lipinski definition) is 2. The summed E-state index contributed by atoms with van der Waals surface area (Å²) in [6.07, 6.45) is 0.276. The van der Waals surface area contributed by atoms with Crippen LogP contribution in [0.4, 0.5) is 0 Å². The maximum absolute atomic E-state index is 11.7. The second-order valence-electron chi connectivity index (χ2n) is 4.19. The van der Waals surface area contributed by atoms with Gasteiger partial charge in [0.25, 0.3) is 0 Å². The Morgan fingerprint density at radius 1 is 1.35 bits per heavy atom. The summed E-state index contributed by atoms with van der Waals surface area (Å²) >= 11 is 1.54. The minimum Gasteiger partial charge on any atom is -0.354 e. The first-order chi connectivity index (χ1) is 7.99. The summed E-state index contributed by atoms with van der Waals surface area (Å²) < 4.78 is 0. The molecule has 0 bridgehead atoms. The van der Waals surface area contributed by atoms with Gasteiger partial charge in [0.05, 0.1) is 12.5 Å². The van der Waals surface area contributed by atoms with Crippen LogP contribution in [0, 0.1) is 0 Å². The monoisotopic (exact) mass is 254 g/mol. The van der Waals surface area contributed by atoms with Crippen molar-refractivity contribution in [1.82, 2.24) is 10.6 Å². The minimum absolute atomic E-state index is 0.0489. The van der Waals surface area contributed by atoms with Crippen LogP contribution in [-0.2, 0) is 9.59 Å². The van der Waals surface area contributed by atoms with Crippen molar-refractivity contribution < 1.29 is 9.59 Å². The van der Waals surface area contributed by atoms with Crippen LogP contribution in [-0.4, -0.2) is 17.9 Å². The molecule has 1 aromatic heterocycles. The Balaban J connectivity index is 2.65. The van der Waals surface area contributed by atoms with Gasteiger partial charge in [-0.3, -0.25) is 9.59 Å². The summed E-state index contributed by atoms with van der Waals surface area (Å²) in [7, 11) is 0. The molecule has 0 aliphatic carbocycles. The van der Waals surface area contributed by atoms with Crippen molar-refractivity contribution in [3.05, 3.63) is 22.4 Å². The maximum Gasteiger partial charge on any atom is 0.222 e. The minimum atomic E-state index is -0.230. The fraction of sp³-hybridized carbons (Fsp3) is 0.500. The van der Waals surface area contributed by atoms with E-state index in [1.54, 1.807) is 0 Å². The summed E-state index contributed by atoms with van der Waals surface area (Å²) in [6.45, 7) is 5.29. The highest BCUT2D eigenvalue weighted by atomic mass is 32.1. The molecule has 94 valence electrons. The standard InChI is InChI=1S/C12H18N2O2S/c1-8(2)13-12(16)7-10(14-9(3)15)11-5-4-6-17-11/h4-6,8,10H,7H2,1-3H3,(H,13,16)(H,14,15). The molecular formula is C12H18N2O2S. The van der Waals surface area contributed by atoms with Crippen LogP contribution in [0.1, 0.15) is 38.1 Å². The predicted molar refractivity (Wildman–Crippen MR) is 68.8 cm³/mol. The van der Waals surface area contributed by atoms with Gasteiger partial charge in [-0.1, -0.05) is 6.07 Å². The molecule has 0 fully saturated rings. The lowest BCUT2D eigenvalue weighted by Gasteiger charge is -2.17. The highest BCUT2D eigenvalue weighted by molar-refractivity contribution is 7.10. The van der Waals surface area contributed by atoms with Crippen LogP contribution in [0.25, 0.3) is 0 Å². The highest BCUT2D eigenvalue weighted by Crippen LogP contribution is 2.21. The molecule has 0 spiro atoms. The number of rotatable bonds is 5. The van der Waals surface area contributed by atoms with E-state index in [4.69, 9.17) is 0 Å². The van der Waals surface area contributed by atoms with Gasteiger partial charge in [-0.2, -0.15) is 0 Å². The number of amides is 2. The van der Waals surface area contributed by atoms with Crippen molar-refractivity contribution in [3.8, 4) is 0 Å². The zero-order valence-corrected chi connectivity index (χ0v) is 11.1.